The van der Waals surface area contributed by atoms with E-state index in [0.717, 1.165) is 35.4 Å². The number of anilines is 2. The Morgan fingerprint density at radius 3 is 3.00 bits per heavy atom. The van der Waals surface area contributed by atoms with Gasteiger partial charge in [0.2, 0.25) is 11.9 Å². The lowest BCUT2D eigenvalue weighted by Gasteiger charge is -2.18. The number of hydrogen-bond donors (Lipinski definition) is 3. The first-order chi connectivity index (χ1) is 10.1. The van der Waals surface area contributed by atoms with Crippen molar-refractivity contribution in [3.05, 3.63) is 10.9 Å². The molecule has 0 aromatic carbocycles. The van der Waals surface area contributed by atoms with Crippen molar-refractivity contribution in [1.82, 2.24) is 9.97 Å². The minimum absolute atomic E-state index is 0.117. The maximum Gasteiger partial charge on any atom is 0.240 e. The summed E-state index contributed by atoms with van der Waals surface area (Å²) in [6.07, 6.45) is 1.72. The number of nitrogens with two attached hydrogens (primary N) is 2. The van der Waals surface area contributed by atoms with Gasteiger partial charge in [-0.05, 0) is 18.9 Å². The third kappa shape index (κ3) is 2.52. The summed E-state index contributed by atoms with van der Waals surface area (Å²) in [6.45, 7) is 3.47. The van der Waals surface area contributed by atoms with Crippen LogP contribution in [0.4, 0.5) is 11.8 Å². The van der Waals surface area contributed by atoms with E-state index in [2.05, 4.69) is 33.3 Å². The van der Waals surface area contributed by atoms with E-state index in [1.54, 1.807) is 11.3 Å². The number of thiophene rings is 1. The number of hydrogen-bond acceptors (Lipinski definition) is 7. The van der Waals surface area contributed by atoms with E-state index in [-0.39, 0.29) is 11.8 Å². The molecule has 3 heterocycles. The molecule has 2 aromatic rings. The van der Waals surface area contributed by atoms with Crippen LogP contribution >= 0.6 is 11.3 Å². The molecule has 1 atom stereocenters. The number of fused-ring (bicyclic) bond motifs is 1. The molecule has 1 fully saturated rings. The van der Waals surface area contributed by atoms with Gasteiger partial charge in [-0.3, -0.25) is 10.2 Å². The van der Waals surface area contributed by atoms with Crippen molar-refractivity contribution in [2.75, 3.05) is 23.4 Å². The molecule has 1 aliphatic rings. The van der Waals surface area contributed by atoms with E-state index in [9.17, 15) is 4.79 Å². The Morgan fingerprint density at radius 2 is 2.38 bits per heavy atom. The number of rotatable bonds is 4. The maximum atomic E-state index is 11.3. The van der Waals surface area contributed by atoms with Crippen molar-refractivity contribution in [2.45, 2.75) is 19.8 Å². The summed E-state index contributed by atoms with van der Waals surface area (Å²) in [7, 11) is 0. The third-order valence-electron chi connectivity index (χ3n) is 3.79. The van der Waals surface area contributed by atoms with Crippen LogP contribution in [0.1, 0.15) is 18.2 Å². The molecule has 0 aliphatic carbocycles. The van der Waals surface area contributed by atoms with E-state index < -0.39 is 0 Å². The number of carbonyl (C=O) groups is 1. The quantitative estimate of drug-likeness (QED) is 0.570. The average molecular weight is 306 g/mol. The fourth-order valence-electron chi connectivity index (χ4n) is 2.62. The van der Waals surface area contributed by atoms with Crippen LogP contribution in [0.2, 0.25) is 0 Å². The predicted molar refractivity (Wildman–Crippen MR) is 84.1 cm³/mol. The van der Waals surface area contributed by atoms with E-state index in [0.29, 0.717) is 12.5 Å². The molecule has 1 aliphatic heterocycles. The lowest BCUT2D eigenvalue weighted by atomic mass is 10.1. The van der Waals surface area contributed by atoms with E-state index in [1.165, 1.54) is 4.88 Å². The molecule has 7 nitrogen and oxygen atoms in total. The summed E-state index contributed by atoms with van der Waals surface area (Å²) in [5.74, 6) is 6.31. The van der Waals surface area contributed by atoms with Gasteiger partial charge in [-0.2, -0.15) is 4.98 Å². The Morgan fingerprint density at radius 1 is 1.57 bits per heavy atom. The Hall–Kier alpha value is -1.93. The summed E-state index contributed by atoms with van der Waals surface area (Å²) in [6, 6.07) is 2.12. The van der Waals surface area contributed by atoms with Gasteiger partial charge in [0.15, 0.2) is 0 Å². The minimum Gasteiger partial charge on any atom is -0.369 e. The van der Waals surface area contributed by atoms with Crippen LogP contribution in [0, 0.1) is 5.92 Å². The van der Waals surface area contributed by atoms with Gasteiger partial charge in [0.25, 0.3) is 0 Å². The third-order valence-corrected chi connectivity index (χ3v) is 4.96. The molecule has 0 radical (unpaired) electrons. The van der Waals surface area contributed by atoms with Crippen molar-refractivity contribution >= 4 is 39.2 Å². The fourth-order valence-corrected chi connectivity index (χ4v) is 3.58. The topological polar surface area (TPSA) is 110 Å². The normalized spacial score (nSPS) is 18.4. The second kappa shape index (κ2) is 5.45. The molecule has 0 spiro atoms. The molecule has 1 unspecified atom stereocenters. The molecule has 21 heavy (non-hydrogen) atoms. The first kappa shape index (κ1) is 14.0. The monoisotopic (exact) mass is 306 g/mol. The Kier molecular flexibility index (Phi) is 3.64. The van der Waals surface area contributed by atoms with E-state index >= 15 is 0 Å². The molecular weight excluding hydrogens is 288 g/mol. The maximum absolute atomic E-state index is 11.3. The number of primary amides is 1. The van der Waals surface area contributed by atoms with Crippen molar-refractivity contribution in [3.8, 4) is 0 Å². The van der Waals surface area contributed by atoms with Gasteiger partial charge in [-0.15, -0.1) is 11.3 Å². The van der Waals surface area contributed by atoms with Crippen LogP contribution in [-0.4, -0.2) is 29.0 Å². The molecule has 1 amide bonds. The van der Waals surface area contributed by atoms with Crippen LogP contribution < -0.4 is 21.9 Å². The zero-order chi connectivity index (χ0) is 15.0. The summed E-state index contributed by atoms with van der Waals surface area (Å²) in [4.78, 5) is 24.5. The number of aromatic nitrogens is 2. The number of nitrogen functional groups attached to an aromatic ring is 1. The first-order valence-corrected chi connectivity index (χ1v) is 7.75. The van der Waals surface area contributed by atoms with Gasteiger partial charge in [-0.1, -0.05) is 6.92 Å². The van der Waals surface area contributed by atoms with Crippen LogP contribution in [0.25, 0.3) is 10.2 Å². The smallest absolute Gasteiger partial charge is 0.240 e. The highest BCUT2D eigenvalue weighted by atomic mass is 32.1. The lowest BCUT2D eigenvalue weighted by molar-refractivity contribution is -0.121. The summed E-state index contributed by atoms with van der Waals surface area (Å²) < 4.78 is 0. The largest absolute Gasteiger partial charge is 0.369 e. The number of aryl methyl sites for hydroxylation is 1. The van der Waals surface area contributed by atoms with E-state index in [4.69, 9.17) is 11.6 Å². The van der Waals surface area contributed by atoms with Crippen molar-refractivity contribution in [3.63, 3.8) is 0 Å². The molecule has 1 saturated heterocycles. The molecule has 0 bridgehead atoms. The van der Waals surface area contributed by atoms with Gasteiger partial charge in [0.1, 0.15) is 10.6 Å². The second-order valence-corrected chi connectivity index (χ2v) is 6.25. The average Bonchev–Trinajstić information content (AvgIpc) is 3.12. The van der Waals surface area contributed by atoms with Crippen LogP contribution in [-0.2, 0) is 11.2 Å². The SMILES string of the molecule is CCc1cc2c(N3CCC(C(N)=O)C3)nc(NN)nc2s1. The molecule has 2 aromatic heterocycles. The Labute approximate surface area is 126 Å². The standard InChI is InChI=1S/C13H18N6OS/c1-2-8-5-9-11(16-13(18-15)17-12(9)21-8)19-4-3-7(6-19)10(14)20/h5,7H,2-4,6,15H2,1H3,(H2,14,20)(H,16,17,18). The summed E-state index contributed by atoms with van der Waals surface area (Å²) >= 11 is 1.64. The van der Waals surface area contributed by atoms with Crippen molar-refractivity contribution in [2.24, 2.45) is 17.5 Å². The zero-order valence-corrected chi connectivity index (χ0v) is 12.6. The second-order valence-electron chi connectivity index (χ2n) is 5.13. The number of nitrogens with one attached hydrogen (secondary N) is 1. The highest BCUT2D eigenvalue weighted by Gasteiger charge is 2.29. The van der Waals surface area contributed by atoms with Crippen LogP contribution in [0.15, 0.2) is 6.07 Å². The highest BCUT2D eigenvalue weighted by Crippen LogP contribution is 2.34. The summed E-state index contributed by atoms with van der Waals surface area (Å²) in [5.41, 5.74) is 7.91. The fraction of sp³-hybridized carbons (Fsp3) is 0.462. The minimum atomic E-state index is -0.250. The van der Waals surface area contributed by atoms with Crippen LogP contribution in [0.5, 0.6) is 0 Å². The molecule has 5 N–H and O–H groups in total. The van der Waals surface area contributed by atoms with Gasteiger partial charge < -0.3 is 10.6 Å². The number of carbonyl (C=O) groups excluding carboxylic acids is 1. The number of amides is 1. The summed E-state index contributed by atoms with van der Waals surface area (Å²) in [5, 5.41) is 1.01. The molecule has 112 valence electrons. The molecule has 8 heteroatoms. The Balaban J connectivity index is 2.04. The highest BCUT2D eigenvalue weighted by molar-refractivity contribution is 7.18. The van der Waals surface area contributed by atoms with E-state index in [1.807, 2.05) is 0 Å². The lowest BCUT2D eigenvalue weighted by Crippen LogP contribution is -2.28. The van der Waals surface area contributed by atoms with Gasteiger partial charge in [0.05, 0.1) is 11.3 Å². The molecule has 3 rings (SSSR count). The predicted octanol–water partition coefficient (Wildman–Crippen LogP) is 0.851. The number of nitrogens with zero attached hydrogens (tertiary/aromatic N) is 3. The molecule has 0 saturated carbocycles. The van der Waals surface area contributed by atoms with Crippen molar-refractivity contribution in [1.29, 1.82) is 0 Å². The van der Waals surface area contributed by atoms with Gasteiger partial charge in [-0.25, -0.2) is 10.8 Å². The first-order valence-electron chi connectivity index (χ1n) is 6.93. The van der Waals surface area contributed by atoms with Crippen LogP contribution in [0.3, 0.4) is 0 Å². The number of hydrazine groups is 1. The molecular formula is C13H18N6OS. The van der Waals surface area contributed by atoms with Crippen molar-refractivity contribution < 1.29 is 4.79 Å². The zero-order valence-electron chi connectivity index (χ0n) is 11.8. The Bertz CT molecular complexity index is 685. The van der Waals surface area contributed by atoms with Gasteiger partial charge >= 0.3 is 0 Å². The van der Waals surface area contributed by atoms with Gasteiger partial charge in [0, 0.05) is 18.0 Å².